The Balaban J connectivity index is 2.59. The Hall–Kier alpha value is -0.810. The lowest BCUT2D eigenvalue weighted by Crippen LogP contribution is -2.48. The second-order valence-corrected chi connectivity index (χ2v) is 5.40. The Morgan fingerprint density at radius 3 is 2.65 bits per heavy atom. The number of ether oxygens (including phenoxy) is 2. The SMILES string of the molecule is CCC[C@@H](OC(C)(C)C)[C@H](O)[C@H]1COC(=O)N1. The Labute approximate surface area is 102 Å². The van der Waals surface area contributed by atoms with Crippen molar-refractivity contribution in [2.75, 3.05) is 6.61 Å². The van der Waals surface area contributed by atoms with E-state index in [1.165, 1.54) is 0 Å². The van der Waals surface area contributed by atoms with Crippen molar-refractivity contribution in [1.29, 1.82) is 0 Å². The number of alkyl carbamates (subject to hydrolysis) is 1. The van der Waals surface area contributed by atoms with Gasteiger partial charge < -0.3 is 19.9 Å². The van der Waals surface area contributed by atoms with Crippen LogP contribution in [0.25, 0.3) is 0 Å². The van der Waals surface area contributed by atoms with Crippen LogP contribution < -0.4 is 5.32 Å². The lowest BCUT2D eigenvalue weighted by Gasteiger charge is -2.32. The van der Waals surface area contributed by atoms with Crippen molar-refractivity contribution >= 4 is 6.09 Å². The molecule has 3 atom stereocenters. The van der Waals surface area contributed by atoms with Crippen LogP contribution in [0.5, 0.6) is 0 Å². The summed E-state index contributed by atoms with van der Waals surface area (Å²) in [5, 5.41) is 12.8. The standard InChI is InChI=1S/C12H23NO4/c1-5-6-9(17-12(2,3)4)10(14)8-7-16-11(15)13-8/h8-10,14H,5-7H2,1-4H3,(H,13,15)/t8-,9-,10-/m1/s1. The van der Waals surface area contributed by atoms with Gasteiger partial charge >= 0.3 is 6.09 Å². The zero-order valence-corrected chi connectivity index (χ0v) is 11.0. The number of nitrogens with one attached hydrogen (secondary N) is 1. The van der Waals surface area contributed by atoms with Crippen molar-refractivity contribution in [3.05, 3.63) is 0 Å². The molecule has 1 amide bonds. The predicted molar refractivity (Wildman–Crippen MR) is 63.8 cm³/mol. The molecule has 0 saturated carbocycles. The van der Waals surface area contributed by atoms with Gasteiger partial charge in [-0.1, -0.05) is 13.3 Å². The van der Waals surface area contributed by atoms with Crippen LogP contribution >= 0.6 is 0 Å². The van der Waals surface area contributed by atoms with Gasteiger partial charge in [0, 0.05) is 0 Å². The van der Waals surface area contributed by atoms with E-state index in [1.54, 1.807) is 0 Å². The van der Waals surface area contributed by atoms with Crippen LogP contribution in [0.3, 0.4) is 0 Å². The molecule has 1 aliphatic rings. The molecule has 0 aromatic carbocycles. The van der Waals surface area contributed by atoms with Crippen LogP contribution in [-0.2, 0) is 9.47 Å². The van der Waals surface area contributed by atoms with Gasteiger partial charge in [0.25, 0.3) is 0 Å². The quantitative estimate of drug-likeness (QED) is 0.769. The van der Waals surface area contributed by atoms with E-state index >= 15 is 0 Å². The highest BCUT2D eigenvalue weighted by atomic mass is 16.6. The third kappa shape index (κ3) is 4.52. The summed E-state index contributed by atoms with van der Waals surface area (Å²) in [6, 6.07) is -0.374. The minimum atomic E-state index is -0.736. The molecule has 0 spiro atoms. The van der Waals surface area contributed by atoms with Crippen molar-refractivity contribution in [2.45, 2.75) is 64.4 Å². The van der Waals surface area contributed by atoms with E-state index in [0.29, 0.717) is 0 Å². The summed E-state index contributed by atoms with van der Waals surface area (Å²) in [5.41, 5.74) is -0.315. The molecule has 1 fully saturated rings. The monoisotopic (exact) mass is 245 g/mol. The second kappa shape index (κ2) is 5.69. The van der Waals surface area contributed by atoms with Gasteiger partial charge in [-0.05, 0) is 27.2 Å². The minimum absolute atomic E-state index is 0.202. The molecular formula is C12H23NO4. The van der Waals surface area contributed by atoms with Crippen molar-refractivity contribution in [2.24, 2.45) is 0 Å². The second-order valence-electron chi connectivity index (χ2n) is 5.40. The fraction of sp³-hybridized carbons (Fsp3) is 0.917. The molecule has 5 heteroatoms. The van der Waals surface area contributed by atoms with Gasteiger partial charge in [-0.25, -0.2) is 4.79 Å². The summed E-state index contributed by atoms with van der Waals surface area (Å²) in [7, 11) is 0. The molecule has 0 radical (unpaired) electrons. The average Bonchev–Trinajstić information content (AvgIpc) is 2.61. The smallest absolute Gasteiger partial charge is 0.407 e. The van der Waals surface area contributed by atoms with E-state index in [-0.39, 0.29) is 24.4 Å². The van der Waals surface area contributed by atoms with Crippen molar-refractivity contribution in [3.63, 3.8) is 0 Å². The first kappa shape index (κ1) is 14.3. The maximum absolute atomic E-state index is 10.9. The van der Waals surface area contributed by atoms with E-state index in [0.717, 1.165) is 12.8 Å². The highest BCUT2D eigenvalue weighted by Crippen LogP contribution is 2.20. The molecule has 1 aliphatic heterocycles. The van der Waals surface area contributed by atoms with Gasteiger partial charge in [-0.2, -0.15) is 0 Å². The number of cyclic esters (lactones) is 1. The summed E-state index contributed by atoms with van der Waals surface area (Å²) in [6.45, 7) is 8.09. The van der Waals surface area contributed by atoms with Gasteiger partial charge in [-0.3, -0.25) is 0 Å². The molecule has 2 N–H and O–H groups in total. The van der Waals surface area contributed by atoms with E-state index in [1.807, 2.05) is 27.7 Å². The Morgan fingerprint density at radius 2 is 2.24 bits per heavy atom. The summed E-state index contributed by atoms with van der Waals surface area (Å²) in [4.78, 5) is 10.9. The summed E-state index contributed by atoms with van der Waals surface area (Å²) < 4.78 is 10.6. The van der Waals surface area contributed by atoms with Crippen LogP contribution in [0, 0.1) is 0 Å². The van der Waals surface area contributed by atoms with Gasteiger partial charge in [0.15, 0.2) is 0 Å². The maximum atomic E-state index is 10.9. The molecule has 0 bridgehead atoms. The predicted octanol–water partition coefficient (Wildman–Crippen LogP) is 1.44. The maximum Gasteiger partial charge on any atom is 0.407 e. The average molecular weight is 245 g/mol. The highest BCUT2D eigenvalue weighted by molar-refractivity contribution is 5.69. The fourth-order valence-electron chi connectivity index (χ4n) is 1.88. The number of hydrogen-bond acceptors (Lipinski definition) is 4. The first-order valence-electron chi connectivity index (χ1n) is 6.12. The number of aliphatic hydroxyl groups excluding tert-OH is 1. The molecule has 100 valence electrons. The Kier molecular flexibility index (Phi) is 4.77. The van der Waals surface area contributed by atoms with Crippen LogP contribution in [0.4, 0.5) is 4.79 Å². The van der Waals surface area contributed by atoms with Gasteiger partial charge in [0.2, 0.25) is 0 Å². The molecular weight excluding hydrogens is 222 g/mol. The number of carbonyl (C=O) groups is 1. The minimum Gasteiger partial charge on any atom is -0.447 e. The molecule has 5 nitrogen and oxygen atoms in total. The number of amides is 1. The third-order valence-electron chi connectivity index (χ3n) is 2.57. The van der Waals surface area contributed by atoms with Crippen LogP contribution in [0.1, 0.15) is 40.5 Å². The highest BCUT2D eigenvalue weighted by Gasteiger charge is 2.35. The Morgan fingerprint density at radius 1 is 1.59 bits per heavy atom. The molecule has 0 unspecified atom stereocenters. The van der Waals surface area contributed by atoms with Crippen molar-refractivity contribution in [1.82, 2.24) is 5.32 Å². The van der Waals surface area contributed by atoms with Crippen LogP contribution in [-0.4, -0.2) is 41.7 Å². The topological polar surface area (TPSA) is 67.8 Å². The van der Waals surface area contributed by atoms with Crippen LogP contribution in [0.15, 0.2) is 0 Å². The zero-order chi connectivity index (χ0) is 13.1. The number of hydrogen-bond donors (Lipinski definition) is 2. The van der Waals surface area contributed by atoms with Gasteiger partial charge in [0.1, 0.15) is 12.7 Å². The number of rotatable bonds is 5. The largest absolute Gasteiger partial charge is 0.447 e. The first-order valence-corrected chi connectivity index (χ1v) is 6.12. The van der Waals surface area contributed by atoms with Gasteiger partial charge in [0.05, 0.1) is 17.7 Å². The summed E-state index contributed by atoms with van der Waals surface area (Å²) in [6.07, 6.45) is 0.178. The molecule has 0 aromatic rings. The van der Waals surface area contributed by atoms with Gasteiger partial charge in [-0.15, -0.1) is 0 Å². The number of carbonyl (C=O) groups excluding carboxylic acids is 1. The van der Waals surface area contributed by atoms with E-state index in [2.05, 4.69) is 5.32 Å². The summed E-state index contributed by atoms with van der Waals surface area (Å²) in [5.74, 6) is 0. The molecule has 1 rings (SSSR count). The molecule has 0 aromatic heterocycles. The lowest BCUT2D eigenvalue weighted by atomic mass is 10.0. The first-order chi connectivity index (χ1) is 7.83. The van der Waals surface area contributed by atoms with E-state index < -0.39 is 12.2 Å². The zero-order valence-electron chi connectivity index (χ0n) is 11.0. The van der Waals surface area contributed by atoms with E-state index in [9.17, 15) is 9.90 Å². The Bertz CT molecular complexity index is 262. The van der Waals surface area contributed by atoms with Crippen molar-refractivity contribution < 1.29 is 19.4 Å². The normalized spacial score (nSPS) is 24.1. The van der Waals surface area contributed by atoms with Crippen LogP contribution in [0.2, 0.25) is 0 Å². The molecule has 1 saturated heterocycles. The fourth-order valence-corrected chi connectivity index (χ4v) is 1.88. The molecule has 0 aliphatic carbocycles. The third-order valence-corrected chi connectivity index (χ3v) is 2.57. The van der Waals surface area contributed by atoms with E-state index in [4.69, 9.17) is 9.47 Å². The lowest BCUT2D eigenvalue weighted by molar-refractivity contribution is -0.120. The molecule has 17 heavy (non-hydrogen) atoms. The summed E-state index contributed by atoms with van der Waals surface area (Å²) >= 11 is 0. The van der Waals surface area contributed by atoms with Crippen molar-refractivity contribution in [3.8, 4) is 0 Å². The molecule has 1 heterocycles. The number of aliphatic hydroxyl groups is 1.